The second-order valence-electron chi connectivity index (χ2n) is 17.8. The van der Waals surface area contributed by atoms with Crippen molar-refractivity contribution in [1.29, 1.82) is 0 Å². The molecule has 2 atom stereocenters. The van der Waals surface area contributed by atoms with E-state index in [0.29, 0.717) is 0 Å². The van der Waals surface area contributed by atoms with Crippen LogP contribution < -0.4 is 20.7 Å². The molecule has 9 aromatic rings. The molecule has 0 N–H and O–H groups in total. The van der Waals surface area contributed by atoms with Crippen LogP contribution in [0.15, 0.2) is 221 Å². The number of benzene rings is 7. The molecule has 2 aromatic heterocycles. The Hall–Kier alpha value is -3.84. The summed E-state index contributed by atoms with van der Waals surface area (Å²) in [5, 5.41) is 5.53. The van der Waals surface area contributed by atoms with Gasteiger partial charge in [0.1, 0.15) is 0 Å². The second-order valence-corrected chi connectivity index (χ2v) is 24.6. The molecular weight excluding hydrogens is 1520 g/mol. The molecule has 13 rings (SSSR count). The fourth-order valence-electron chi connectivity index (χ4n) is 10.6. The van der Waals surface area contributed by atoms with E-state index in [-0.39, 0.29) is 32.3 Å². The van der Waals surface area contributed by atoms with Gasteiger partial charge in [0.15, 0.2) is 0 Å². The number of hydrogen-bond acceptors (Lipinski definition) is 2. The van der Waals surface area contributed by atoms with Crippen LogP contribution in [0.4, 0.5) is 0 Å². The summed E-state index contributed by atoms with van der Waals surface area (Å²) >= 11 is 31.6. The zero-order valence-corrected chi connectivity index (χ0v) is 51.7. The van der Waals surface area contributed by atoms with Gasteiger partial charge in [-0.15, -0.1) is 22.1 Å². The molecule has 0 amide bonds. The molecule has 0 spiro atoms. The Balaban J connectivity index is 0.00000543. The summed E-state index contributed by atoms with van der Waals surface area (Å²) in [5.41, 5.74) is 14.6. The minimum atomic E-state index is -0.196. The first-order chi connectivity index (χ1) is 35.0. The molecule has 0 radical (unpaired) electrons. The van der Waals surface area contributed by atoms with Gasteiger partial charge in [0.2, 0.25) is 0 Å². The molecule has 0 saturated carbocycles. The van der Waals surface area contributed by atoms with Crippen LogP contribution in [0.2, 0.25) is 0 Å². The molecule has 2 aliphatic carbocycles. The van der Waals surface area contributed by atoms with Crippen molar-refractivity contribution in [2.45, 2.75) is 0 Å². The van der Waals surface area contributed by atoms with E-state index < -0.39 is 0 Å². The molecule has 8 bridgehead atoms. The van der Waals surface area contributed by atoms with Crippen molar-refractivity contribution >= 4 is 188 Å². The number of allylic oxidation sites excluding steroid dienone is 4. The van der Waals surface area contributed by atoms with E-state index >= 15 is 0 Å². The van der Waals surface area contributed by atoms with Crippen LogP contribution in [0.5, 0.6) is 0 Å². The summed E-state index contributed by atoms with van der Waals surface area (Å²) in [4.78, 5) is 23.9. The average molecular weight is 1550 g/mol. The average Bonchev–Trinajstić information content (AvgIpc) is 4.13. The van der Waals surface area contributed by atoms with Crippen molar-refractivity contribution in [3.63, 3.8) is 0 Å². The molecule has 4 aliphatic rings. The van der Waals surface area contributed by atoms with E-state index in [2.05, 4.69) is 297 Å². The number of aromatic nitrogens is 2. The van der Waals surface area contributed by atoms with E-state index in [1.807, 2.05) is 0 Å². The van der Waals surface area contributed by atoms with Gasteiger partial charge in [0.25, 0.3) is 0 Å². The third-order valence-electron chi connectivity index (χ3n) is 13.7. The number of aliphatic imine (C=N–C) groups is 2. The van der Waals surface area contributed by atoms with Crippen LogP contribution in [-0.2, 0) is 20.4 Å². The van der Waals surface area contributed by atoms with Gasteiger partial charge in [-0.3, -0.25) is 4.99 Å². The minimum absolute atomic E-state index is 0. The summed E-state index contributed by atoms with van der Waals surface area (Å²) in [6.45, 7) is 0. The van der Waals surface area contributed by atoms with Gasteiger partial charge in [-0.1, -0.05) is 133 Å². The molecule has 7 aromatic carbocycles. The maximum absolute atomic E-state index is 6.01. The molecule has 0 saturated heterocycles. The Morgan fingerprint density at radius 2 is 0.767 bits per heavy atom. The van der Waals surface area contributed by atoms with Crippen molar-refractivity contribution in [2.24, 2.45) is 21.8 Å². The van der Waals surface area contributed by atoms with E-state index in [1.54, 1.807) is 0 Å². The van der Waals surface area contributed by atoms with Gasteiger partial charge in [0.05, 0.1) is 22.8 Å². The largest absolute Gasteiger partial charge is 2.00 e. The molecular formula is C60H30Br8N4Pd. The first kappa shape index (κ1) is 50.0. The van der Waals surface area contributed by atoms with Crippen molar-refractivity contribution in [3.05, 3.63) is 267 Å². The van der Waals surface area contributed by atoms with Gasteiger partial charge in [-0.05, 0) is 230 Å². The zero-order valence-electron chi connectivity index (χ0n) is 37.4. The Morgan fingerprint density at radius 3 is 1.29 bits per heavy atom. The minimum Gasteiger partial charge on any atom is -0.656 e. The van der Waals surface area contributed by atoms with Gasteiger partial charge in [-0.25, -0.2) is 4.99 Å². The third kappa shape index (κ3) is 8.43. The van der Waals surface area contributed by atoms with E-state index in [9.17, 15) is 0 Å². The normalized spacial score (nSPS) is 17.1. The molecule has 73 heavy (non-hydrogen) atoms. The summed E-state index contributed by atoms with van der Waals surface area (Å²) in [6.07, 6.45) is 4.60. The van der Waals surface area contributed by atoms with Gasteiger partial charge in [0, 0.05) is 58.8 Å². The Kier molecular flexibility index (Phi) is 13.7. The predicted molar refractivity (Wildman–Crippen MR) is 324 cm³/mol. The van der Waals surface area contributed by atoms with Crippen molar-refractivity contribution in [3.8, 4) is 0 Å². The Morgan fingerprint density at radius 1 is 0.370 bits per heavy atom. The van der Waals surface area contributed by atoms with Crippen LogP contribution >= 0.6 is 127 Å². The number of halogens is 8. The molecule has 4 heterocycles. The van der Waals surface area contributed by atoms with Crippen molar-refractivity contribution in [1.82, 2.24) is 9.97 Å². The molecule has 356 valence electrons. The monoisotopic (exact) mass is 1540 g/mol. The Bertz CT molecular complexity index is 4170. The van der Waals surface area contributed by atoms with Crippen LogP contribution in [0.1, 0.15) is 44.8 Å². The van der Waals surface area contributed by atoms with Crippen LogP contribution in [0, 0.1) is 11.8 Å². The first-order valence-electron chi connectivity index (χ1n) is 22.8. The van der Waals surface area contributed by atoms with Crippen LogP contribution in [-0.4, -0.2) is 11.4 Å². The standard InChI is InChI=1S/C60H30Br8N4.Pd/c61-41-21-33-35(23-43(41)63)55-50(30-15-7-2-8-16-30)57-37-25-45(65)47(67)27-39(37)59(71-57)52(32-19-11-4-12-20-32)60-40-28-48(68)46(66)26-38(40)58(72-60)51(31-17-9-3-10-18-31)56-36-24-44(64)42(62)22-34(36)54(70-56)49(53(33)69-55)29-13-5-1-6-14-29;/h1-28,33,35H;/q-2;+2. The molecule has 13 heteroatoms. The smallest absolute Gasteiger partial charge is 0.656 e. The number of nitrogens with zero attached hydrogens (tertiary/aromatic N) is 4. The van der Waals surface area contributed by atoms with Gasteiger partial charge in [-0.2, -0.15) is 0 Å². The van der Waals surface area contributed by atoms with E-state index in [1.165, 1.54) is 0 Å². The van der Waals surface area contributed by atoms with Gasteiger partial charge >= 0.3 is 20.4 Å². The summed E-state index contributed by atoms with van der Waals surface area (Å²) in [5.74, 6) is -0.392. The SMILES string of the molecule is BrC1=CC2C3=NC(=C(c4ccccc4)c4[n-]c(c5cc(Br)c(Br)cc45)C(c4ccccc4)=C4N=C(C(c5ccccc5)=c5[n-]c(c6cc(Br)c(Br)cc56)=C3c3ccccc3)c3cc(Br)c(Br)cc34)C2C=C1Br.[Pd+2]. The summed E-state index contributed by atoms with van der Waals surface area (Å²) in [7, 11) is 0. The van der Waals surface area contributed by atoms with Gasteiger partial charge < -0.3 is 9.97 Å². The fraction of sp³-hybridized carbons (Fsp3) is 0.0333. The molecule has 0 fully saturated rings. The quantitative estimate of drug-likeness (QED) is 0.165. The molecule has 2 aliphatic heterocycles. The topological polar surface area (TPSA) is 52.9 Å². The number of rotatable bonds is 4. The summed E-state index contributed by atoms with van der Waals surface area (Å²) in [6, 6.07) is 55.5. The van der Waals surface area contributed by atoms with Crippen LogP contribution in [0.25, 0.3) is 49.5 Å². The van der Waals surface area contributed by atoms with E-state index in [4.69, 9.17) is 20.0 Å². The second kappa shape index (κ2) is 19.9. The van der Waals surface area contributed by atoms with Crippen molar-refractivity contribution in [2.75, 3.05) is 0 Å². The molecule has 2 unspecified atom stereocenters. The van der Waals surface area contributed by atoms with E-state index in [0.717, 1.165) is 158 Å². The Labute approximate surface area is 501 Å². The maximum Gasteiger partial charge on any atom is 2.00 e. The first-order valence-corrected chi connectivity index (χ1v) is 29.2. The zero-order chi connectivity index (χ0) is 49.1. The fourth-order valence-corrected chi connectivity index (χ4v) is 13.5. The maximum atomic E-state index is 6.01. The number of hydrogen-bond donors (Lipinski definition) is 0. The van der Waals surface area contributed by atoms with Crippen LogP contribution in [0.3, 0.4) is 0 Å². The summed E-state index contributed by atoms with van der Waals surface area (Å²) < 4.78 is 7.39. The third-order valence-corrected chi connectivity index (χ3v) is 21.2. The predicted octanol–water partition coefficient (Wildman–Crippen LogP) is 17.3. The molecule has 4 nitrogen and oxygen atoms in total. The van der Waals surface area contributed by atoms with Crippen molar-refractivity contribution < 1.29 is 20.4 Å².